The van der Waals surface area contributed by atoms with E-state index in [2.05, 4.69) is 5.32 Å². The van der Waals surface area contributed by atoms with Crippen molar-refractivity contribution < 1.29 is 9.59 Å². The zero-order chi connectivity index (χ0) is 16.8. The summed E-state index contributed by atoms with van der Waals surface area (Å²) in [7, 11) is 3.43. The fraction of sp³-hybridized carbons (Fsp3) is 0.158. The molecule has 0 radical (unpaired) electrons. The number of nitrogens with zero attached hydrogens (tertiary/aromatic N) is 1. The Kier molecular flexibility index (Phi) is 5.31. The lowest BCUT2D eigenvalue weighted by Gasteiger charge is -2.09. The molecule has 0 heterocycles. The van der Waals surface area contributed by atoms with Gasteiger partial charge in [-0.05, 0) is 42.3 Å². The molecular weight excluding hydrogens is 288 g/mol. The fourth-order valence-corrected chi connectivity index (χ4v) is 2.05. The van der Waals surface area contributed by atoms with Gasteiger partial charge in [-0.25, -0.2) is 0 Å². The Morgan fingerprint density at radius 3 is 2.26 bits per heavy atom. The van der Waals surface area contributed by atoms with Crippen LogP contribution >= 0.6 is 0 Å². The highest BCUT2D eigenvalue weighted by Gasteiger charge is 2.06. The van der Waals surface area contributed by atoms with E-state index in [1.165, 1.54) is 11.0 Å². The number of benzene rings is 2. The third-order valence-electron chi connectivity index (χ3n) is 3.39. The van der Waals surface area contributed by atoms with E-state index in [0.29, 0.717) is 5.56 Å². The van der Waals surface area contributed by atoms with Crippen LogP contribution in [-0.2, 0) is 4.79 Å². The summed E-state index contributed by atoms with van der Waals surface area (Å²) in [5.41, 5.74) is 3.30. The van der Waals surface area contributed by atoms with Crippen LogP contribution in [0.25, 0.3) is 6.08 Å². The zero-order valence-corrected chi connectivity index (χ0v) is 13.5. The maximum Gasteiger partial charge on any atom is 0.253 e. The van der Waals surface area contributed by atoms with Gasteiger partial charge < -0.3 is 10.2 Å². The van der Waals surface area contributed by atoms with Gasteiger partial charge in [0.05, 0.1) is 0 Å². The number of para-hydroxylation sites is 1. The molecule has 0 atom stereocenters. The van der Waals surface area contributed by atoms with Gasteiger partial charge in [0.25, 0.3) is 5.91 Å². The number of aryl methyl sites for hydroxylation is 1. The van der Waals surface area contributed by atoms with Gasteiger partial charge in [-0.15, -0.1) is 0 Å². The molecule has 0 unspecified atom stereocenters. The van der Waals surface area contributed by atoms with Crippen LogP contribution in [0.15, 0.2) is 54.6 Å². The molecular formula is C19H20N2O2. The minimum Gasteiger partial charge on any atom is -0.345 e. The summed E-state index contributed by atoms with van der Waals surface area (Å²) in [5.74, 6) is -0.231. The number of rotatable bonds is 4. The summed E-state index contributed by atoms with van der Waals surface area (Å²) in [6.07, 6.45) is 3.20. The van der Waals surface area contributed by atoms with Gasteiger partial charge in [-0.1, -0.05) is 30.3 Å². The summed E-state index contributed by atoms with van der Waals surface area (Å²) in [4.78, 5) is 25.3. The smallest absolute Gasteiger partial charge is 0.253 e. The Hall–Kier alpha value is -2.88. The summed E-state index contributed by atoms with van der Waals surface area (Å²) in [5, 5.41) is 2.84. The van der Waals surface area contributed by atoms with E-state index in [0.717, 1.165) is 16.8 Å². The van der Waals surface area contributed by atoms with Gasteiger partial charge in [-0.3, -0.25) is 9.59 Å². The molecule has 0 aromatic heterocycles. The first kappa shape index (κ1) is 16.5. The second kappa shape index (κ2) is 7.40. The first-order valence-corrected chi connectivity index (χ1v) is 7.34. The topological polar surface area (TPSA) is 49.4 Å². The maximum absolute atomic E-state index is 11.9. The van der Waals surface area contributed by atoms with Gasteiger partial charge in [0.15, 0.2) is 0 Å². The Bertz CT molecular complexity index is 731. The molecule has 0 saturated carbocycles. The number of carbonyl (C=O) groups is 2. The quantitative estimate of drug-likeness (QED) is 0.881. The van der Waals surface area contributed by atoms with E-state index >= 15 is 0 Å². The van der Waals surface area contributed by atoms with Crippen LogP contribution in [0.5, 0.6) is 0 Å². The minimum absolute atomic E-state index is 0.0437. The molecule has 0 aliphatic carbocycles. The molecule has 2 rings (SSSR count). The van der Waals surface area contributed by atoms with E-state index in [-0.39, 0.29) is 11.8 Å². The summed E-state index contributed by atoms with van der Waals surface area (Å²) >= 11 is 0. The highest BCUT2D eigenvalue weighted by atomic mass is 16.2. The second-order valence-electron chi connectivity index (χ2n) is 5.46. The van der Waals surface area contributed by atoms with Crippen LogP contribution in [0, 0.1) is 6.92 Å². The first-order valence-electron chi connectivity index (χ1n) is 7.34. The molecule has 2 amide bonds. The van der Waals surface area contributed by atoms with Crippen molar-refractivity contribution in [1.29, 1.82) is 0 Å². The summed E-state index contributed by atoms with van der Waals surface area (Å²) in [6.45, 7) is 1.94. The van der Waals surface area contributed by atoms with Crippen molar-refractivity contribution >= 4 is 23.6 Å². The van der Waals surface area contributed by atoms with Gasteiger partial charge >= 0.3 is 0 Å². The van der Waals surface area contributed by atoms with Gasteiger partial charge in [0.2, 0.25) is 5.91 Å². The Morgan fingerprint density at radius 1 is 1.00 bits per heavy atom. The molecule has 0 spiro atoms. The van der Waals surface area contributed by atoms with Crippen LogP contribution in [0.1, 0.15) is 21.5 Å². The summed E-state index contributed by atoms with van der Waals surface area (Å²) < 4.78 is 0. The van der Waals surface area contributed by atoms with Crippen LogP contribution in [0.3, 0.4) is 0 Å². The number of carbonyl (C=O) groups excluding carboxylic acids is 2. The third kappa shape index (κ3) is 4.54. The van der Waals surface area contributed by atoms with Crippen molar-refractivity contribution in [3.8, 4) is 0 Å². The molecule has 2 aromatic carbocycles. The van der Waals surface area contributed by atoms with E-state index < -0.39 is 0 Å². The lowest BCUT2D eigenvalue weighted by atomic mass is 10.1. The van der Waals surface area contributed by atoms with Crippen molar-refractivity contribution in [3.05, 3.63) is 71.3 Å². The van der Waals surface area contributed by atoms with Crippen LogP contribution < -0.4 is 5.32 Å². The molecule has 23 heavy (non-hydrogen) atoms. The Balaban J connectivity index is 2.01. The number of nitrogens with one attached hydrogen (secondary N) is 1. The summed E-state index contributed by atoms with van der Waals surface area (Å²) in [6, 6.07) is 14.7. The fourth-order valence-electron chi connectivity index (χ4n) is 2.05. The predicted molar refractivity (Wildman–Crippen MR) is 93.3 cm³/mol. The number of hydrogen-bond acceptors (Lipinski definition) is 2. The molecule has 4 nitrogen and oxygen atoms in total. The maximum atomic E-state index is 11.9. The Labute approximate surface area is 136 Å². The third-order valence-corrected chi connectivity index (χ3v) is 3.39. The minimum atomic E-state index is -0.187. The Morgan fingerprint density at radius 2 is 1.65 bits per heavy atom. The molecule has 0 saturated heterocycles. The number of anilines is 1. The highest BCUT2D eigenvalue weighted by Crippen LogP contribution is 2.13. The number of hydrogen-bond donors (Lipinski definition) is 1. The van der Waals surface area contributed by atoms with Crippen LogP contribution in [0.2, 0.25) is 0 Å². The molecule has 4 heteroatoms. The second-order valence-corrected chi connectivity index (χ2v) is 5.46. The molecule has 1 N–H and O–H groups in total. The van der Waals surface area contributed by atoms with E-state index in [4.69, 9.17) is 0 Å². The van der Waals surface area contributed by atoms with Crippen molar-refractivity contribution in [2.45, 2.75) is 6.92 Å². The monoisotopic (exact) mass is 308 g/mol. The van der Waals surface area contributed by atoms with E-state index in [1.54, 1.807) is 32.3 Å². The number of amides is 2. The average molecular weight is 308 g/mol. The molecule has 0 aliphatic heterocycles. The molecule has 118 valence electrons. The van der Waals surface area contributed by atoms with Crippen LogP contribution in [0.4, 0.5) is 5.69 Å². The standard InChI is InChI=1S/C19H20N2O2/c1-14-6-4-5-7-17(14)20-18(22)13-10-15-8-11-16(12-9-15)19(23)21(2)3/h4-13H,1-3H3,(H,20,22)/b13-10+. The van der Waals surface area contributed by atoms with Gasteiger partial charge in [-0.2, -0.15) is 0 Å². The van der Waals surface area contributed by atoms with Gasteiger partial charge in [0.1, 0.15) is 0 Å². The van der Waals surface area contributed by atoms with E-state index in [9.17, 15) is 9.59 Å². The van der Waals surface area contributed by atoms with Crippen LogP contribution in [-0.4, -0.2) is 30.8 Å². The lowest BCUT2D eigenvalue weighted by molar-refractivity contribution is -0.111. The zero-order valence-electron chi connectivity index (χ0n) is 13.5. The van der Waals surface area contributed by atoms with E-state index in [1.807, 2.05) is 43.3 Å². The largest absolute Gasteiger partial charge is 0.345 e. The molecule has 0 aliphatic rings. The highest BCUT2D eigenvalue weighted by molar-refractivity contribution is 6.02. The van der Waals surface area contributed by atoms with Crippen molar-refractivity contribution in [2.24, 2.45) is 0 Å². The molecule has 0 fully saturated rings. The molecule has 2 aromatic rings. The lowest BCUT2D eigenvalue weighted by Crippen LogP contribution is -2.21. The predicted octanol–water partition coefficient (Wildman–Crippen LogP) is 3.35. The van der Waals surface area contributed by atoms with Crippen molar-refractivity contribution in [2.75, 3.05) is 19.4 Å². The molecule has 0 bridgehead atoms. The normalized spacial score (nSPS) is 10.6. The average Bonchev–Trinajstić information content (AvgIpc) is 2.55. The first-order chi connectivity index (χ1) is 11.0. The van der Waals surface area contributed by atoms with Crippen molar-refractivity contribution in [3.63, 3.8) is 0 Å². The van der Waals surface area contributed by atoms with Gasteiger partial charge in [0, 0.05) is 31.4 Å². The SMILES string of the molecule is Cc1ccccc1NC(=O)/C=C/c1ccc(C(=O)N(C)C)cc1. The van der Waals surface area contributed by atoms with Crippen molar-refractivity contribution in [1.82, 2.24) is 4.90 Å².